The number of aryl methyl sites for hydroxylation is 2. The van der Waals surface area contributed by atoms with Crippen LogP contribution < -0.4 is 0 Å². The molecule has 0 aromatic heterocycles. The average molecular weight is 576 g/mol. The van der Waals surface area contributed by atoms with Crippen LogP contribution in [0, 0.1) is 27.7 Å². The van der Waals surface area contributed by atoms with Gasteiger partial charge in [-0.2, -0.15) is 0 Å². The van der Waals surface area contributed by atoms with Gasteiger partial charge in [-0.3, -0.25) is 0 Å². The number of fused-ring (bicyclic) bond motifs is 1. The number of cyclic esters (lactones) is 1. The van der Waals surface area contributed by atoms with Crippen molar-refractivity contribution >= 4 is 43.8 Å². The third kappa shape index (κ3) is 3.27. The number of carboxylic acid groups (broad SMARTS) is 1. The highest BCUT2D eigenvalue weighted by molar-refractivity contribution is 9.10. The van der Waals surface area contributed by atoms with Gasteiger partial charge in [-0.05, 0) is 74.2 Å². The molecule has 0 saturated carbocycles. The molecule has 0 unspecified atom stereocenters. The number of phenolic OH excluding ortho intramolecular Hbond substituents is 2. The molecule has 0 atom stereocenters. The second-order valence-electron chi connectivity index (χ2n) is 8.18. The first-order valence-corrected chi connectivity index (χ1v) is 11.6. The van der Waals surface area contributed by atoms with Crippen molar-refractivity contribution in [2.45, 2.75) is 33.3 Å². The molecule has 170 valence electrons. The van der Waals surface area contributed by atoms with E-state index in [-0.39, 0.29) is 22.6 Å². The molecule has 3 N–H and O–H groups in total. The summed E-state index contributed by atoms with van der Waals surface area (Å²) in [5.41, 5.74) is 1.49. The number of rotatable bonds is 3. The third-order valence-corrected chi connectivity index (χ3v) is 7.84. The summed E-state index contributed by atoms with van der Waals surface area (Å²) in [6.07, 6.45) is 0. The number of aromatic carboxylic acids is 1. The predicted octanol–water partition coefficient (Wildman–Crippen LogP) is 6.02. The normalized spacial score (nSPS) is 14.2. The molecule has 0 aliphatic carbocycles. The number of carbonyl (C=O) groups is 2. The van der Waals surface area contributed by atoms with Gasteiger partial charge < -0.3 is 20.1 Å². The molecule has 1 aliphatic rings. The number of ether oxygens (including phenoxy) is 1. The monoisotopic (exact) mass is 574 g/mol. The molecule has 0 radical (unpaired) electrons. The Bertz CT molecular complexity index is 1260. The number of benzene rings is 3. The van der Waals surface area contributed by atoms with Crippen LogP contribution in [0.4, 0.5) is 0 Å². The molecule has 0 spiro atoms. The summed E-state index contributed by atoms with van der Waals surface area (Å²) in [6.45, 7) is 6.99. The zero-order valence-corrected chi connectivity index (χ0v) is 21.4. The molecule has 6 nitrogen and oxygen atoms in total. The molecule has 0 bridgehead atoms. The quantitative estimate of drug-likeness (QED) is 0.330. The Morgan fingerprint density at radius 1 is 0.879 bits per heavy atom. The Morgan fingerprint density at radius 3 is 1.82 bits per heavy atom. The largest absolute Gasteiger partial charge is 0.507 e. The summed E-state index contributed by atoms with van der Waals surface area (Å²) >= 11 is 7.05. The lowest BCUT2D eigenvalue weighted by molar-refractivity contribution is 0.0235. The van der Waals surface area contributed by atoms with Crippen molar-refractivity contribution in [3.63, 3.8) is 0 Å². The minimum Gasteiger partial charge on any atom is -0.507 e. The van der Waals surface area contributed by atoms with Crippen LogP contribution in [0.1, 0.15) is 59.7 Å². The van der Waals surface area contributed by atoms with E-state index in [1.165, 1.54) is 18.2 Å². The maximum Gasteiger partial charge on any atom is 0.340 e. The fraction of sp³-hybridized carbons (Fsp3) is 0.200. The highest BCUT2D eigenvalue weighted by Crippen LogP contribution is 2.56. The van der Waals surface area contributed by atoms with Crippen LogP contribution >= 0.6 is 31.9 Å². The van der Waals surface area contributed by atoms with Crippen LogP contribution in [0.15, 0.2) is 39.3 Å². The van der Waals surface area contributed by atoms with Gasteiger partial charge in [0.25, 0.3) is 0 Å². The SMILES string of the molecule is Cc1cc(Br)c(C)c(C2(c3c(C)c(Br)cc(C)c3O)OC(=O)c3cc(C(=O)O)ccc32)c1O. The van der Waals surface area contributed by atoms with E-state index in [4.69, 9.17) is 4.74 Å². The number of hydrogen-bond acceptors (Lipinski definition) is 5. The van der Waals surface area contributed by atoms with Crippen LogP contribution in [-0.2, 0) is 10.3 Å². The fourth-order valence-corrected chi connectivity index (χ4v) is 5.57. The number of phenols is 2. The Kier molecular flexibility index (Phi) is 5.57. The smallest absolute Gasteiger partial charge is 0.340 e. The Balaban J connectivity index is 2.26. The van der Waals surface area contributed by atoms with Crippen molar-refractivity contribution in [3.8, 4) is 11.5 Å². The zero-order chi connectivity index (χ0) is 24.4. The van der Waals surface area contributed by atoms with Crippen LogP contribution in [0.5, 0.6) is 11.5 Å². The molecule has 1 heterocycles. The number of aromatic hydroxyl groups is 2. The van der Waals surface area contributed by atoms with Gasteiger partial charge in [-0.25, -0.2) is 9.59 Å². The minimum absolute atomic E-state index is 0.0581. The standard InChI is InChI=1S/C25H20Br2O6/c1-10-7-17(26)12(3)19(21(10)28)25(20-13(4)18(27)8-11(2)22(20)29)16-6-5-14(23(30)31)9-15(16)24(32)33-25/h5-9,28-29H,1-4H3,(H,30,31). The fourth-order valence-electron chi connectivity index (χ4n) is 4.48. The molecule has 0 saturated heterocycles. The van der Waals surface area contributed by atoms with E-state index >= 15 is 0 Å². The van der Waals surface area contributed by atoms with Gasteiger partial charge in [0.2, 0.25) is 0 Å². The molecule has 3 aromatic carbocycles. The van der Waals surface area contributed by atoms with Crippen molar-refractivity contribution in [1.29, 1.82) is 0 Å². The van der Waals surface area contributed by atoms with Gasteiger partial charge in [-0.15, -0.1) is 0 Å². The Morgan fingerprint density at radius 2 is 1.36 bits per heavy atom. The topological polar surface area (TPSA) is 104 Å². The molecule has 0 fully saturated rings. The van der Waals surface area contributed by atoms with Gasteiger partial charge in [0, 0.05) is 14.5 Å². The van der Waals surface area contributed by atoms with E-state index in [9.17, 15) is 24.9 Å². The van der Waals surface area contributed by atoms with Crippen LogP contribution in [0.3, 0.4) is 0 Å². The molecular weight excluding hydrogens is 556 g/mol. The van der Waals surface area contributed by atoms with E-state index in [2.05, 4.69) is 31.9 Å². The second kappa shape index (κ2) is 7.88. The molecule has 4 rings (SSSR count). The van der Waals surface area contributed by atoms with Crippen molar-refractivity contribution in [1.82, 2.24) is 0 Å². The van der Waals surface area contributed by atoms with E-state index in [0.29, 0.717) is 47.9 Å². The van der Waals surface area contributed by atoms with Gasteiger partial charge >= 0.3 is 11.9 Å². The number of esters is 1. The van der Waals surface area contributed by atoms with Crippen molar-refractivity contribution < 1.29 is 29.6 Å². The third-order valence-electron chi connectivity index (χ3n) is 6.19. The van der Waals surface area contributed by atoms with Crippen LogP contribution in [0.25, 0.3) is 0 Å². The second-order valence-corrected chi connectivity index (χ2v) is 9.89. The van der Waals surface area contributed by atoms with Gasteiger partial charge in [0.05, 0.1) is 22.3 Å². The van der Waals surface area contributed by atoms with E-state index < -0.39 is 17.5 Å². The van der Waals surface area contributed by atoms with Gasteiger partial charge in [0.1, 0.15) is 11.5 Å². The van der Waals surface area contributed by atoms with Crippen LogP contribution in [0.2, 0.25) is 0 Å². The molecule has 33 heavy (non-hydrogen) atoms. The van der Waals surface area contributed by atoms with Gasteiger partial charge in [0.15, 0.2) is 5.60 Å². The lowest BCUT2D eigenvalue weighted by atomic mass is 9.74. The minimum atomic E-state index is -1.71. The van der Waals surface area contributed by atoms with Crippen LogP contribution in [-0.4, -0.2) is 27.3 Å². The van der Waals surface area contributed by atoms with E-state index in [1.54, 1.807) is 39.8 Å². The highest BCUT2D eigenvalue weighted by Gasteiger charge is 2.54. The maximum absolute atomic E-state index is 13.2. The lowest BCUT2D eigenvalue weighted by Crippen LogP contribution is -2.32. The number of halogens is 2. The first-order chi connectivity index (χ1) is 15.4. The Labute approximate surface area is 207 Å². The first kappa shape index (κ1) is 23.3. The number of carbonyl (C=O) groups excluding carboxylic acids is 1. The summed E-state index contributed by atoms with van der Waals surface area (Å²) in [4.78, 5) is 24.7. The maximum atomic E-state index is 13.2. The lowest BCUT2D eigenvalue weighted by Gasteiger charge is -2.35. The molecule has 0 amide bonds. The first-order valence-electron chi connectivity index (χ1n) is 10.0. The molecule has 1 aliphatic heterocycles. The number of carboxylic acids is 1. The average Bonchev–Trinajstić information content (AvgIpc) is 3.03. The van der Waals surface area contributed by atoms with Crippen molar-refractivity contribution in [2.24, 2.45) is 0 Å². The number of hydrogen-bond donors (Lipinski definition) is 3. The summed E-state index contributed by atoms with van der Waals surface area (Å²) < 4.78 is 7.44. The van der Waals surface area contributed by atoms with E-state index in [1.807, 2.05) is 0 Å². The summed E-state index contributed by atoms with van der Waals surface area (Å²) in [6, 6.07) is 7.66. The highest BCUT2D eigenvalue weighted by atomic mass is 79.9. The van der Waals surface area contributed by atoms with Gasteiger partial charge in [-0.1, -0.05) is 37.9 Å². The predicted molar refractivity (Wildman–Crippen MR) is 129 cm³/mol. The van der Waals surface area contributed by atoms with E-state index in [0.717, 1.165) is 0 Å². The molecule has 3 aromatic rings. The van der Waals surface area contributed by atoms with Crippen molar-refractivity contribution in [2.75, 3.05) is 0 Å². The summed E-state index contributed by atoms with van der Waals surface area (Å²) in [5, 5.41) is 32.0. The zero-order valence-electron chi connectivity index (χ0n) is 18.2. The molecule has 8 heteroatoms. The summed E-state index contributed by atoms with van der Waals surface area (Å²) in [5.74, 6) is -2.11. The Hall–Kier alpha value is -2.84. The van der Waals surface area contributed by atoms with Crippen molar-refractivity contribution in [3.05, 3.63) is 89.3 Å². The summed E-state index contributed by atoms with van der Waals surface area (Å²) in [7, 11) is 0. The molecular formula is C25H20Br2O6.